The summed E-state index contributed by atoms with van der Waals surface area (Å²) in [6.45, 7) is 0.947. The van der Waals surface area contributed by atoms with Gasteiger partial charge in [0.05, 0.1) is 7.11 Å². The van der Waals surface area contributed by atoms with E-state index in [2.05, 4.69) is 14.2 Å². The lowest BCUT2D eigenvalue weighted by molar-refractivity contribution is -0.139. The maximum absolute atomic E-state index is 10.7. The number of esters is 1. The van der Waals surface area contributed by atoms with E-state index in [4.69, 9.17) is 0 Å². The third kappa shape index (κ3) is 5.41. The largest absolute Gasteiger partial charge is 0.468 e. The molecule has 0 radical (unpaired) electrons. The van der Waals surface area contributed by atoms with Crippen LogP contribution in [-0.4, -0.2) is 19.6 Å². The Hall–Kier alpha value is -1.04. The minimum Gasteiger partial charge on any atom is -0.468 e. The second kappa shape index (κ2) is 7.28. The highest BCUT2D eigenvalue weighted by molar-refractivity contribution is 7.95. The summed E-state index contributed by atoms with van der Waals surface area (Å²) in [5.41, 5.74) is 1.20. The second-order valence-electron chi connectivity index (χ2n) is 2.81. The van der Waals surface area contributed by atoms with Crippen molar-refractivity contribution < 1.29 is 9.53 Å². The molecule has 1 aromatic rings. The van der Waals surface area contributed by atoms with Gasteiger partial charge in [-0.3, -0.25) is 4.79 Å². The molecule has 0 aliphatic carbocycles. The lowest BCUT2D eigenvalue weighted by atomic mass is 10.2. The van der Waals surface area contributed by atoms with E-state index >= 15 is 0 Å². The summed E-state index contributed by atoms with van der Waals surface area (Å²) in [6, 6.07) is 10.0. The molecule has 4 nitrogen and oxygen atoms in total. The molecule has 0 amide bonds. The zero-order valence-corrected chi connectivity index (χ0v) is 9.34. The van der Waals surface area contributed by atoms with E-state index in [0.29, 0.717) is 0 Å². The van der Waals surface area contributed by atoms with E-state index in [1.165, 1.54) is 24.8 Å². The van der Waals surface area contributed by atoms with Gasteiger partial charge in [0.2, 0.25) is 0 Å². The third-order valence-electron chi connectivity index (χ3n) is 1.71. The zero-order valence-electron chi connectivity index (χ0n) is 8.53. The first-order valence-corrected chi connectivity index (χ1v) is 5.37. The average Bonchev–Trinajstić information content (AvgIpc) is 2.29. The van der Waals surface area contributed by atoms with Gasteiger partial charge in [0.15, 0.2) is 0 Å². The van der Waals surface area contributed by atoms with E-state index in [-0.39, 0.29) is 12.5 Å². The maximum Gasteiger partial charge on any atom is 0.320 e. The molecule has 0 saturated carbocycles. The maximum atomic E-state index is 10.7. The van der Waals surface area contributed by atoms with Crippen molar-refractivity contribution in [2.24, 2.45) is 0 Å². The van der Waals surface area contributed by atoms with Gasteiger partial charge >= 0.3 is 5.97 Å². The van der Waals surface area contributed by atoms with Crippen LogP contribution in [0.5, 0.6) is 0 Å². The van der Waals surface area contributed by atoms with Crippen LogP contribution in [0.1, 0.15) is 5.56 Å². The highest BCUT2D eigenvalue weighted by Gasteiger charge is 1.97. The molecule has 1 aromatic carbocycles. The molecule has 0 saturated heterocycles. The first-order chi connectivity index (χ1) is 7.33. The first kappa shape index (κ1) is 12.0. The topological polar surface area (TPSA) is 50.4 Å². The molecule has 0 aromatic heterocycles. The Morgan fingerprint density at radius 2 is 2.07 bits per heavy atom. The summed E-state index contributed by atoms with van der Waals surface area (Å²) in [5, 5.41) is 0. The number of carbonyl (C=O) groups is 1. The van der Waals surface area contributed by atoms with E-state index < -0.39 is 0 Å². The number of methoxy groups -OCH3 is 1. The van der Waals surface area contributed by atoms with Gasteiger partial charge in [-0.15, -0.1) is 0 Å². The molecule has 82 valence electrons. The van der Waals surface area contributed by atoms with Gasteiger partial charge < -0.3 is 4.74 Å². The summed E-state index contributed by atoms with van der Waals surface area (Å²) in [7, 11) is 1.37. The number of nitrogens with one attached hydrogen (secondary N) is 2. The SMILES string of the molecule is COC(=O)CNSNCc1ccccc1. The third-order valence-corrected chi connectivity index (χ3v) is 2.28. The summed E-state index contributed by atoms with van der Waals surface area (Å²) >= 11 is 1.29. The first-order valence-electron chi connectivity index (χ1n) is 4.55. The lowest BCUT2D eigenvalue weighted by Gasteiger charge is -2.04. The molecule has 0 aliphatic heterocycles. The molecule has 0 heterocycles. The second-order valence-corrected chi connectivity index (χ2v) is 3.59. The summed E-state index contributed by atoms with van der Waals surface area (Å²) in [6.07, 6.45) is 0. The Labute approximate surface area is 93.7 Å². The number of benzene rings is 1. The van der Waals surface area contributed by atoms with Gasteiger partial charge in [0, 0.05) is 18.7 Å². The van der Waals surface area contributed by atoms with E-state index in [9.17, 15) is 4.79 Å². The van der Waals surface area contributed by atoms with E-state index in [1.807, 2.05) is 30.3 Å². The van der Waals surface area contributed by atoms with Crippen LogP contribution in [-0.2, 0) is 16.1 Å². The Balaban J connectivity index is 2.05. The van der Waals surface area contributed by atoms with Crippen molar-refractivity contribution in [2.45, 2.75) is 6.54 Å². The standard InChI is InChI=1S/C10H14N2O2S/c1-14-10(13)8-12-15-11-7-9-5-3-2-4-6-9/h2-6,11-12H,7-8H2,1H3. The van der Waals surface area contributed by atoms with Crippen molar-refractivity contribution in [3.05, 3.63) is 35.9 Å². The van der Waals surface area contributed by atoms with Crippen molar-refractivity contribution in [3.63, 3.8) is 0 Å². The van der Waals surface area contributed by atoms with Crippen LogP contribution in [0.3, 0.4) is 0 Å². The summed E-state index contributed by atoms with van der Waals surface area (Å²) in [5.74, 6) is -0.274. The highest BCUT2D eigenvalue weighted by atomic mass is 32.2. The van der Waals surface area contributed by atoms with Gasteiger partial charge in [-0.25, -0.2) is 9.44 Å². The minimum absolute atomic E-state index is 0.197. The van der Waals surface area contributed by atoms with Crippen LogP contribution >= 0.6 is 12.1 Å². The zero-order chi connectivity index (χ0) is 10.9. The molecule has 0 spiro atoms. The fraction of sp³-hybridized carbons (Fsp3) is 0.300. The fourth-order valence-corrected chi connectivity index (χ4v) is 1.46. The van der Waals surface area contributed by atoms with Crippen molar-refractivity contribution in [1.29, 1.82) is 0 Å². The molecule has 2 N–H and O–H groups in total. The quantitative estimate of drug-likeness (QED) is 0.432. The highest BCUT2D eigenvalue weighted by Crippen LogP contribution is 1.99. The van der Waals surface area contributed by atoms with Crippen LogP contribution in [0.25, 0.3) is 0 Å². The molecule has 5 heteroatoms. The predicted molar refractivity (Wildman–Crippen MR) is 60.9 cm³/mol. The van der Waals surface area contributed by atoms with Gasteiger partial charge in [-0.1, -0.05) is 30.3 Å². The molecule has 0 atom stereocenters. The van der Waals surface area contributed by atoms with Crippen molar-refractivity contribution in [2.75, 3.05) is 13.7 Å². The fourth-order valence-electron chi connectivity index (χ4n) is 0.933. The smallest absolute Gasteiger partial charge is 0.320 e. The van der Waals surface area contributed by atoms with Crippen LogP contribution in [0, 0.1) is 0 Å². The van der Waals surface area contributed by atoms with Gasteiger partial charge in [-0.05, 0) is 5.56 Å². The number of ether oxygens (including phenoxy) is 1. The predicted octanol–water partition coefficient (Wildman–Crippen LogP) is 1.10. The van der Waals surface area contributed by atoms with Crippen LogP contribution < -0.4 is 9.44 Å². The van der Waals surface area contributed by atoms with Crippen LogP contribution in [0.4, 0.5) is 0 Å². The number of hydrogen-bond acceptors (Lipinski definition) is 5. The molecule has 0 unspecified atom stereocenters. The molecule has 0 fully saturated rings. The Morgan fingerprint density at radius 3 is 2.73 bits per heavy atom. The van der Waals surface area contributed by atoms with E-state index in [0.717, 1.165) is 6.54 Å². The summed E-state index contributed by atoms with van der Waals surface area (Å²) in [4.78, 5) is 10.7. The number of rotatable bonds is 6. The van der Waals surface area contributed by atoms with Crippen LogP contribution in [0.15, 0.2) is 30.3 Å². The van der Waals surface area contributed by atoms with Gasteiger partial charge in [0.25, 0.3) is 0 Å². The van der Waals surface area contributed by atoms with Crippen LogP contribution in [0.2, 0.25) is 0 Å². The van der Waals surface area contributed by atoms with Crippen molar-refractivity contribution >= 4 is 18.1 Å². The molecule has 0 aliphatic rings. The molecular weight excluding hydrogens is 212 g/mol. The lowest BCUT2D eigenvalue weighted by Crippen LogP contribution is -2.21. The van der Waals surface area contributed by atoms with Crippen molar-refractivity contribution in [1.82, 2.24) is 9.44 Å². The summed E-state index contributed by atoms with van der Waals surface area (Å²) < 4.78 is 10.4. The number of hydrogen-bond donors (Lipinski definition) is 2. The average molecular weight is 226 g/mol. The van der Waals surface area contributed by atoms with Crippen molar-refractivity contribution in [3.8, 4) is 0 Å². The Bertz CT molecular complexity index is 293. The molecule has 0 bridgehead atoms. The van der Waals surface area contributed by atoms with E-state index in [1.54, 1.807) is 0 Å². The van der Waals surface area contributed by atoms with Gasteiger partial charge in [0.1, 0.15) is 6.54 Å². The molecular formula is C10H14N2O2S. The van der Waals surface area contributed by atoms with Gasteiger partial charge in [-0.2, -0.15) is 0 Å². The normalized spacial score (nSPS) is 9.93. The Kier molecular flexibility index (Phi) is 5.84. The molecule has 1 rings (SSSR count). The monoisotopic (exact) mass is 226 g/mol. The minimum atomic E-state index is -0.274. The molecule has 15 heavy (non-hydrogen) atoms. The number of carbonyl (C=O) groups excluding carboxylic acids is 1. The Morgan fingerprint density at radius 1 is 1.33 bits per heavy atom.